The molecule has 2 amide bonds. The number of ether oxygens (including phenoxy) is 1. The second-order valence-electron chi connectivity index (χ2n) is 8.01. The van der Waals surface area contributed by atoms with E-state index in [1.807, 2.05) is 60.7 Å². The Bertz CT molecular complexity index is 1480. The Kier molecular flexibility index (Phi) is 6.82. The van der Waals surface area contributed by atoms with Gasteiger partial charge in [-0.05, 0) is 70.1 Å². The standard InChI is InChI=1S/C28H19Cl2NO3S/c29-22-9-3-5-18(13-22)17-34-25-12-11-23(30)14-21(25)15-26-27(32)31(28(33)35-26)16-20-8-4-7-19-6-1-2-10-24(19)20/h1-15H,16-17H2/b26-15+. The van der Waals surface area contributed by atoms with Crippen molar-refractivity contribution in [2.24, 2.45) is 0 Å². The molecule has 1 saturated heterocycles. The molecule has 0 aliphatic carbocycles. The predicted molar refractivity (Wildman–Crippen MR) is 143 cm³/mol. The fourth-order valence-corrected chi connectivity index (χ4v) is 5.15. The van der Waals surface area contributed by atoms with Crippen LogP contribution in [0, 0.1) is 0 Å². The Balaban J connectivity index is 1.39. The summed E-state index contributed by atoms with van der Waals surface area (Å²) >= 11 is 13.2. The van der Waals surface area contributed by atoms with Crippen molar-refractivity contribution >= 4 is 63.0 Å². The second kappa shape index (κ2) is 10.2. The number of rotatable bonds is 6. The highest BCUT2D eigenvalue weighted by molar-refractivity contribution is 8.18. The van der Waals surface area contributed by atoms with Gasteiger partial charge >= 0.3 is 0 Å². The lowest BCUT2D eigenvalue weighted by molar-refractivity contribution is -0.123. The summed E-state index contributed by atoms with van der Waals surface area (Å²) in [6, 6.07) is 26.4. The quantitative estimate of drug-likeness (QED) is 0.242. The summed E-state index contributed by atoms with van der Waals surface area (Å²) in [6.07, 6.45) is 1.66. The summed E-state index contributed by atoms with van der Waals surface area (Å²) in [6.45, 7) is 0.503. The summed E-state index contributed by atoms with van der Waals surface area (Å²) in [5, 5.41) is 2.90. The van der Waals surface area contributed by atoms with E-state index in [-0.39, 0.29) is 17.7 Å². The highest BCUT2D eigenvalue weighted by atomic mass is 35.5. The van der Waals surface area contributed by atoms with Gasteiger partial charge in [0.25, 0.3) is 11.1 Å². The van der Waals surface area contributed by atoms with Crippen molar-refractivity contribution in [3.8, 4) is 5.75 Å². The van der Waals surface area contributed by atoms with Gasteiger partial charge in [0.05, 0.1) is 11.4 Å². The molecule has 1 aliphatic rings. The van der Waals surface area contributed by atoms with Crippen molar-refractivity contribution in [3.05, 3.63) is 117 Å². The molecule has 0 aromatic heterocycles. The van der Waals surface area contributed by atoms with Crippen molar-refractivity contribution in [2.45, 2.75) is 13.2 Å². The molecule has 1 aliphatic heterocycles. The SMILES string of the molecule is O=C1S/C(=C/c2cc(Cl)ccc2OCc2cccc(Cl)c2)C(=O)N1Cc1cccc2ccccc12. The number of carbonyl (C=O) groups excluding carboxylic acids is 2. The molecule has 35 heavy (non-hydrogen) atoms. The molecule has 0 saturated carbocycles. The lowest BCUT2D eigenvalue weighted by Gasteiger charge is -2.14. The minimum atomic E-state index is -0.339. The first-order valence-electron chi connectivity index (χ1n) is 10.9. The highest BCUT2D eigenvalue weighted by Crippen LogP contribution is 2.36. The molecule has 0 bridgehead atoms. The Morgan fingerprint density at radius 3 is 2.49 bits per heavy atom. The number of nitrogens with zero attached hydrogens (tertiary/aromatic N) is 1. The first-order valence-corrected chi connectivity index (χ1v) is 12.4. The zero-order valence-corrected chi connectivity index (χ0v) is 20.7. The minimum absolute atomic E-state index is 0.205. The number of thioether (sulfide) groups is 1. The van der Waals surface area contributed by atoms with Crippen LogP contribution in [0.5, 0.6) is 5.75 Å². The van der Waals surface area contributed by atoms with Crippen molar-refractivity contribution < 1.29 is 14.3 Å². The normalized spacial score (nSPS) is 14.8. The largest absolute Gasteiger partial charge is 0.488 e. The lowest BCUT2D eigenvalue weighted by Crippen LogP contribution is -2.27. The molecule has 0 spiro atoms. The van der Waals surface area contributed by atoms with Crippen LogP contribution in [0.15, 0.2) is 89.8 Å². The molecule has 0 radical (unpaired) electrons. The number of hydrogen-bond acceptors (Lipinski definition) is 4. The van der Waals surface area contributed by atoms with E-state index >= 15 is 0 Å². The van der Waals surface area contributed by atoms with E-state index in [1.165, 1.54) is 4.90 Å². The molecule has 1 heterocycles. The van der Waals surface area contributed by atoms with Gasteiger partial charge in [0.1, 0.15) is 12.4 Å². The molecule has 5 rings (SSSR count). The van der Waals surface area contributed by atoms with Crippen molar-refractivity contribution in [1.82, 2.24) is 4.90 Å². The smallest absolute Gasteiger partial charge is 0.293 e. The Morgan fingerprint density at radius 2 is 1.63 bits per heavy atom. The van der Waals surface area contributed by atoms with E-state index in [9.17, 15) is 9.59 Å². The molecular weight excluding hydrogens is 501 g/mol. The number of amides is 2. The Hall–Kier alpha value is -3.25. The summed E-state index contributed by atoms with van der Waals surface area (Å²) in [7, 11) is 0. The molecule has 4 aromatic rings. The van der Waals surface area contributed by atoms with Crippen molar-refractivity contribution in [1.29, 1.82) is 0 Å². The van der Waals surface area contributed by atoms with Gasteiger partial charge in [0.2, 0.25) is 0 Å². The van der Waals surface area contributed by atoms with E-state index in [0.717, 1.165) is 33.7 Å². The summed E-state index contributed by atoms with van der Waals surface area (Å²) < 4.78 is 6.00. The van der Waals surface area contributed by atoms with Crippen LogP contribution >= 0.6 is 35.0 Å². The number of benzene rings is 4. The molecule has 174 valence electrons. The van der Waals surface area contributed by atoms with Gasteiger partial charge in [-0.3, -0.25) is 14.5 Å². The van der Waals surface area contributed by atoms with Crippen LogP contribution in [0.2, 0.25) is 10.0 Å². The Labute approximate surface area is 217 Å². The third-order valence-corrected chi connectivity index (χ3v) is 7.00. The number of carbonyl (C=O) groups is 2. The Morgan fingerprint density at radius 1 is 0.857 bits per heavy atom. The maximum absolute atomic E-state index is 13.2. The van der Waals surface area contributed by atoms with Crippen LogP contribution in [0.4, 0.5) is 4.79 Å². The average molecular weight is 520 g/mol. The highest BCUT2D eigenvalue weighted by Gasteiger charge is 2.35. The van der Waals surface area contributed by atoms with E-state index in [4.69, 9.17) is 27.9 Å². The van der Waals surface area contributed by atoms with Crippen LogP contribution in [-0.2, 0) is 17.9 Å². The minimum Gasteiger partial charge on any atom is -0.488 e. The summed E-state index contributed by atoms with van der Waals surface area (Å²) in [5.41, 5.74) is 2.45. The van der Waals surface area contributed by atoms with Crippen molar-refractivity contribution in [2.75, 3.05) is 0 Å². The van der Waals surface area contributed by atoms with Gasteiger partial charge in [-0.15, -0.1) is 0 Å². The van der Waals surface area contributed by atoms with Crippen LogP contribution < -0.4 is 4.74 Å². The number of fused-ring (bicyclic) bond motifs is 1. The molecule has 0 N–H and O–H groups in total. The van der Waals surface area contributed by atoms with Crippen LogP contribution in [-0.4, -0.2) is 16.0 Å². The fraction of sp³-hybridized carbons (Fsp3) is 0.0714. The van der Waals surface area contributed by atoms with Gasteiger partial charge in [-0.2, -0.15) is 0 Å². The average Bonchev–Trinajstić information content (AvgIpc) is 3.11. The number of hydrogen-bond donors (Lipinski definition) is 0. The fourth-order valence-electron chi connectivity index (χ4n) is 3.93. The summed E-state index contributed by atoms with van der Waals surface area (Å²) in [4.78, 5) is 27.6. The zero-order valence-electron chi connectivity index (χ0n) is 18.4. The molecular formula is C28H19Cl2NO3S. The number of imide groups is 1. The van der Waals surface area contributed by atoms with Crippen LogP contribution in [0.1, 0.15) is 16.7 Å². The first kappa shape index (κ1) is 23.5. The topological polar surface area (TPSA) is 46.6 Å². The van der Waals surface area contributed by atoms with E-state index in [2.05, 4.69) is 0 Å². The first-order chi connectivity index (χ1) is 17.0. The molecule has 4 aromatic carbocycles. The molecule has 4 nitrogen and oxygen atoms in total. The van der Waals surface area contributed by atoms with E-state index in [1.54, 1.807) is 30.3 Å². The van der Waals surface area contributed by atoms with E-state index < -0.39 is 0 Å². The lowest BCUT2D eigenvalue weighted by atomic mass is 10.0. The van der Waals surface area contributed by atoms with Gasteiger partial charge < -0.3 is 4.74 Å². The van der Waals surface area contributed by atoms with Crippen molar-refractivity contribution in [3.63, 3.8) is 0 Å². The maximum Gasteiger partial charge on any atom is 0.293 e. The third kappa shape index (κ3) is 5.22. The predicted octanol–water partition coefficient (Wildman–Crippen LogP) is 7.96. The molecule has 1 fully saturated rings. The molecule has 0 unspecified atom stereocenters. The molecule has 7 heteroatoms. The van der Waals surface area contributed by atoms with E-state index in [0.29, 0.717) is 32.9 Å². The van der Waals surface area contributed by atoms with Gasteiger partial charge in [-0.25, -0.2) is 0 Å². The number of halogens is 2. The van der Waals surface area contributed by atoms with Gasteiger partial charge in [-0.1, -0.05) is 77.8 Å². The molecule has 0 atom stereocenters. The maximum atomic E-state index is 13.2. The summed E-state index contributed by atoms with van der Waals surface area (Å²) in [5.74, 6) is 0.212. The second-order valence-corrected chi connectivity index (χ2v) is 9.87. The van der Waals surface area contributed by atoms with Gasteiger partial charge in [0, 0.05) is 15.6 Å². The third-order valence-electron chi connectivity index (χ3n) is 5.62. The van der Waals surface area contributed by atoms with Crippen LogP contribution in [0.3, 0.4) is 0 Å². The van der Waals surface area contributed by atoms with Crippen LogP contribution in [0.25, 0.3) is 16.8 Å². The van der Waals surface area contributed by atoms with Gasteiger partial charge in [0.15, 0.2) is 0 Å². The zero-order chi connectivity index (χ0) is 24.4. The monoisotopic (exact) mass is 519 g/mol.